The van der Waals surface area contributed by atoms with Crippen molar-refractivity contribution in [3.63, 3.8) is 0 Å². The van der Waals surface area contributed by atoms with Crippen molar-refractivity contribution in [2.24, 2.45) is 0 Å². The number of carbonyl (C=O) groups excluding carboxylic acids is 1. The normalized spacial score (nSPS) is 19.5. The molecule has 3 N–H and O–H groups in total. The summed E-state index contributed by atoms with van der Waals surface area (Å²) >= 11 is 5.80. The van der Waals surface area contributed by atoms with E-state index in [1.807, 2.05) is 24.3 Å². The van der Waals surface area contributed by atoms with Crippen LogP contribution in [0.3, 0.4) is 0 Å². The molecule has 0 saturated carbocycles. The number of hydrogen-bond acceptors (Lipinski definition) is 4. The molecule has 1 aliphatic rings. The van der Waals surface area contributed by atoms with Gasteiger partial charge in [-0.25, -0.2) is 0 Å². The van der Waals surface area contributed by atoms with Crippen molar-refractivity contribution >= 4 is 17.5 Å². The average Bonchev–Trinajstić information content (AvgIpc) is 2.87. The maximum Gasteiger partial charge on any atom is 0.220 e. The van der Waals surface area contributed by atoms with E-state index in [1.54, 1.807) is 0 Å². The van der Waals surface area contributed by atoms with Crippen molar-refractivity contribution in [1.29, 1.82) is 0 Å². The Bertz CT molecular complexity index is 453. The summed E-state index contributed by atoms with van der Waals surface area (Å²) in [5.41, 5.74) is 1.02. The lowest BCUT2D eigenvalue weighted by atomic mass is 10.2. The number of hydrogen-bond donors (Lipinski definition) is 3. The molecule has 1 saturated heterocycles. The van der Waals surface area contributed by atoms with Gasteiger partial charge in [-0.15, -0.1) is 0 Å². The lowest BCUT2D eigenvalue weighted by Crippen LogP contribution is -2.39. The summed E-state index contributed by atoms with van der Waals surface area (Å²) in [5, 5.41) is 16.5. The van der Waals surface area contributed by atoms with Gasteiger partial charge in [0.15, 0.2) is 0 Å². The van der Waals surface area contributed by atoms with Gasteiger partial charge in [0.2, 0.25) is 5.91 Å². The first kappa shape index (κ1) is 16.2. The number of benzene rings is 1. The van der Waals surface area contributed by atoms with Crippen molar-refractivity contribution < 1.29 is 14.6 Å². The molecular formula is C15H21ClN2O3. The molecule has 1 amide bonds. The molecule has 2 unspecified atom stereocenters. The zero-order valence-corrected chi connectivity index (χ0v) is 12.6. The second kappa shape index (κ2) is 8.34. The summed E-state index contributed by atoms with van der Waals surface area (Å²) in [4.78, 5) is 11.0. The van der Waals surface area contributed by atoms with Gasteiger partial charge in [0.25, 0.3) is 0 Å². The number of nitrogens with one attached hydrogen (secondary N) is 2. The fraction of sp³-hybridized carbons (Fsp3) is 0.533. The Morgan fingerprint density at radius 1 is 1.43 bits per heavy atom. The van der Waals surface area contributed by atoms with E-state index >= 15 is 0 Å². The lowest BCUT2D eigenvalue weighted by Gasteiger charge is -2.15. The Labute approximate surface area is 129 Å². The van der Waals surface area contributed by atoms with E-state index in [0.29, 0.717) is 31.1 Å². The Hall–Kier alpha value is -1.14. The topological polar surface area (TPSA) is 70.6 Å². The van der Waals surface area contributed by atoms with Crippen LogP contribution in [0.2, 0.25) is 5.02 Å². The van der Waals surface area contributed by atoms with Crippen molar-refractivity contribution in [3.8, 4) is 0 Å². The highest BCUT2D eigenvalue weighted by Crippen LogP contribution is 2.10. The van der Waals surface area contributed by atoms with Crippen LogP contribution < -0.4 is 10.6 Å². The maximum absolute atomic E-state index is 11.0. The number of rotatable bonds is 8. The molecule has 1 aromatic carbocycles. The number of halogens is 1. The smallest absolute Gasteiger partial charge is 0.220 e. The van der Waals surface area contributed by atoms with Crippen molar-refractivity contribution in [2.45, 2.75) is 31.6 Å². The largest absolute Gasteiger partial charge is 0.389 e. The van der Waals surface area contributed by atoms with Crippen LogP contribution in [0.25, 0.3) is 0 Å². The number of aliphatic hydroxyl groups is 1. The molecule has 0 radical (unpaired) electrons. The summed E-state index contributed by atoms with van der Waals surface area (Å²) in [7, 11) is 0. The van der Waals surface area contributed by atoms with Crippen LogP contribution in [0, 0.1) is 0 Å². The zero-order chi connectivity index (χ0) is 15.1. The lowest BCUT2D eigenvalue weighted by molar-refractivity contribution is -0.119. The number of amides is 1. The number of carbonyl (C=O) groups is 1. The SMILES string of the molecule is O=C1CCC(CNCC(O)COCc2ccc(Cl)cc2)N1. The Kier molecular flexibility index (Phi) is 6.45. The van der Waals surface area contributed by atoms with Gasteiger partial charge >= 0.3 is 0 Å². The molecule has 1 fully saturated rings. The third-order valence-electron chi connectivity index (χ3n) is 3.35. The fourth-order valence-electron chi connectivity index (χ4n) is 2.21. The van der Waals surface area contributed by atoms with Crippen molar-refractivity contribution in [2.75, 3.05) is 19.7 Å². The van der Waals surface area contributed by atoms with Crippen molar-refractivity contribution in [1.82, 2.24) is 10.6 Å². The summed E-state index contributed by atoms with van der Waals surface area (Å²) in [6.45, 7) is 1.85. The predicted molar refractivity (Wildman–Crippen MR) is 81.1 cm³/mol. The molecule has 1 aromatic rings. The van der Waals surface area contributed by atoms with Crippen LogP contribution >= 0.6 is 11.6 Å². The molecule has 1 aliphatic heterocycles. The number of ether oxygens (including phenoxy) is 1. The summed E-state index contributed by atoms with van der Waals surface area (Å²) < 4.78 is 5.46. The highest BCUT2D eigenvalue weighted by molar-refractivity contribution is 6.30. The molecule has 116 valence electrons. The number of aliphatic hydroxyl groups excluding tert-OH is 1. The van der Waals surface area contributed by atoms with E-state index in [4.69, 9.17) is 16.3 Å². The van der Waals surface area contributed by atoms with E-state index in [0.717, 1.165) is 12.0 Å². The first-order chi connectivity index (χ1) is 10.1. The van der Waals surface area contributed by atoms with Gasteiger partial charge in [-0.05, 0) is 24.1 Å². The second-order valence-electron chi connectivity index (χ2n) is 5.26. The molecular weight excluding hydrogens is 292 g/mol. The van der Waals surface area contributed by atoms with E-state index < -0.39 is 6.10 Å². The molecule has 21 heavy (non-hydrogen) atoms. The van der Waals surface area contributed by atoms with Gasteiger partial charge in [-0.1, -0.05) is 23.7 Å². The Morgan fingerprint density at radius 2 is 2.19 bits per heavy atom. The van der Waals surface area contributed by atoms with Gasteiger partial charge in [-0.3, -0.25) is 4.79 Å². The standard InChI is InChI=1S/C15H21ClN2O3/c16-12-3-1-11(2-4-12)9-21-10-14(19)8-17-7-13-5-6-15(20)18-13/h1-4,13-14,17,19H,5-10H2,(H,18,20). The molecule has 5 nitrogen and oxygen atoms in total. The minimum absolute atomic E-state index is 0.105. The summed E-state index contributed by atoms with van der Waals surface area (Å²) in [5.74, 6) is 0.105. The quantitative estimate of drug-likeness (QED) is 0.672. The monoisotopic (exact) mass is 312 g/mol. The summed E-state index contributed by atoms with van der Waals surface area (Å²) in [6.07, 6.45) is 0.892. The molecule has 0 aromatic heterocycles. The molecule has 2 rings (SSSR count). The third-order valence-corrected chi connectivity index (χ3v) is 3.60. The average molecular weight is 313 g/mol. The minimum Gasteiger partial charge on any atom is -0.389 e. The third kappa shape index (κ3) is 6.01. The van der Waals surface area contributed by atoms with E-state index in [-0.39, 0.29) is 18.6 Å². The second-order valence-corrected chi connectivity index (χ2v) is 5.69. The van der Waals surface area contributed by atoms with Gasteiger partial charge in [0.1, 0.15) is 0 Å². The highest BCUT2D eigenvalue weighted by Gasteiger charge is 2.20. The predicted octanol–water partition coefficient (Wildman–Crippen LogP) is 1.09. The highest BCUT2D eigenvalue weighted by atomic mass is 35.5. The van der Waals surface area contributed by atoms with Gasteiger partial charge in [0.05, 0.1) is 19.3 Å². The van der Waals surface area contributed by atoms with Crippen LogP contribution in [0.1, 0.15) is 18.4 Å². The zero-order valence-electron chi connectivity index (χ0n) is 11.8. The minimum atomic E-state index is -0.561. The first-order valence-corrected chi connectivity index (χ1v) is 7.51. The van der Waals surface area contributed by atoms with Gasteiger partial charge in [0, 0.05) is 30.6 Å². The Balaban J connectivity index is 1.54. The van der Waals surface area contributed by atoms with E-state index in [1.165, 1.54) is 0 Å². The molecule has 0 aliphatic carbocycles. The molecule has 1 heterocycles. The van der Waals surface area contributed by atoms with Crippen LogP contribution in [0.4, 0.5) is 0 Å². The van der Waals surface area contributed by atoms with Gasteiger partial charge < -0.3 is 20.5 Å². The molecule has 6 heteroatoms. The fourth-order valence-corrected chi connectivity index (χ4v) is 2.33. The van der Waals surface area contributed by atoms with E-state index in [9.17, 15) is 9.90 Å². The first-order valence-electron chi connectivity index (χ1n) is 7.14. The van der Waals surface area contributed by atoms with E-state index in [2.05, 4.69) is 10.6 Å². The van der Waals surface area contributed by atoms with Crippen LogP contribution in [-0.2, 0) is 16.1 Å². The van der Waals surface area contributed by atoms with Crippen LogP contribution in [0.15, 0.2) is 24.3 Å². The molecule has 0 spiro atoms. The Morgan fingerprint density at radius 3 is 2.86 bits per heavy atom. The van der Waals surface area contributed by atoms with Gasteiger partial charge in [-0.2, -0.15) is 0 Å². The van der Waals surface area contributed by atoms with Crippen LogP contribution in [0.5, 0.6) is 0 Å². The summed E-state index contributed by atoms with van der Waals surface area (Å²) in [6, 6.07) is 7.60. The van der Waals surface area contributed by atoms with Crippen LogP contribution in [-0.4, -0.2) is 42.9 Å². The molecule has 0 bridgehead atoms. The molecule has 2 atom stereocenters. The maximum atomic E-state index is 11.0. The van der Waals surface area contributed by atoms with Crippen molar-refractivity contribution in [3.05, 3.63) is 34.9 Å².